The van der Waals surface area contributed by atoms with Crippen molar-refractivity contribution in [3.05, 3.63) is 23.8 Å². The lowest BCUT2D eigenvalue weighted by molar-refractivity contribution is 0.0808. The fourth-order valence-electron chi connectivity index (χ4n) is 1.70. The monoisotopic (exact) mass is 296 g/mol. The molecule has 1 amide bonds. The molecule has 0 unspecified atom stereocenters. The van der Waals surface area contributed by atoms with Crippen molar-refractivity contribution in [2.75, 3.05) is 45.8 Å². The number of nitrogens with one attached hydrogen (secondary N) is 1. The van der Waals surface area contributed by atoms with E-state index < -0.39 is 0 Å². The second-order valence-electron chi connectivity index (χ2n) is 4.42. The molecule has 1 aromatic rings. The number of nitrogen functional groups attached to an aromatic ring is 1. The average Bonchev–Trinajstić information content (AvgIpc) is 2.48. The van der Waals surface area contributed by atoms with Crippen LogP contribution in [0.25, 0.3) is 0 Å². The molecular formula is C15H24N2O4. The molecule has 0 atom stereocenters. The number of benzene rings is 1. The number of anilines is 1. The van der Waals surface area contributed by atoms with Crippen molar-refractivity contribution in [1.29, 1.82) is 0 Å². The minimum atomic E-state index is -0.141. The number of amides is 1. The molecule has 3 N–H and O–H groups in total. The molecule has 0 saturated heterocycles. The van der Waals surface area contributed by atoms with Gasteiger partial charge < -0.3 is 25.3 Å². The van der Waals surface area contributed by atoms with Gasteiger partial charge in [-0.05, 0) is 31.5 Å². The SMILES string of the molecule is CCNC(=O)c1ccc(OCCOCCCOC)c(N)c1. The Bertz CT molecular complexity index is 438. The largest absolute Gasteiger partial charge is 0.489 e. The van der Waals surface area contributed by atoms with Gasteiger partial charge >= 0.3 is 0 Å². The van der Waals surface area contributed by atoms with E-state index in [0.29, 0.717) is 50.0 Å². The molecule has 0 heterocycles. The zero-order chi connectivity index (χ0) is 15.5. The summed E-state index contributed by atoms with van der Waals surface area (Å²) in [5.41, 5.74) is 6.84. The van der Waals surface area contributed by atoms with Crippen LogP contribution in [0, 0.1) is 0 Å². The highest BCUT2D eigenvalue weighted by atomic mass is 16.5. The van der Waals surface area contributed by atoms with E-state index in [1.165, 1.54) is 0 Å². The van der Waals surface area contributed by atoms with Crippen molar-refractivity contribution in [3.63, 3.8) is 0 Å². The Morgan fingerprint density at radius 3 is 2.71 bits per heavy atom. The molecule has 1 rings (SSSR count). The predicted octanol–water partition coefficient (Wildman–Crippen LogP) is 1.45. The third-order valence-electron chi connectivity index (χ3n) is 2.73. The van der Waals surface area contributed by atoms with Crippen molar-refractivity contribution >= 4 is 11.6 Å². The summed E-state index contributed by atoms with van der Waals surface area (Å²) in [6.45, 7) is 4.68. The van der Waals surface area contributed by atoms with Crippen LogP contribution in [0.4, 0.5) is 5.69 Å². The van der Waals surface area contributed by atoms with E-state index in [1.807, 2.05) is 6.92 Å². The molecule has 0 fully saturated rings. The minimum absolute atomic E-state index is 0.141. The molecule has 118 valence electrons. The van der Waals surface area contributed by atoms with E-state index in [9.17, 15) is 4.79 Å². The Morgan fingerprint density at radius 1 is 1.24 bits per heavy atom. The van der Waals surface area contributed by atoms with Crippen molar-refractivity contribution in [2.24, 2.45) is 0 Å². The second-order valence-corrected chi connectivity index (χ2v) is 4.42. The molecule has 0 saturated carbocycles. The molecule has 6 nitrogen and oxygen atoms in total. The van der Waals surface area contributed by atoms with Gasteiger partial charge in [-0.25, -0.2) is 0 Å². The van der Waals surface area contributed by atoms with Gasteiger partial charge in [0.25, 0.3) is 5.91 Å². The van der Waals surface area contributed by atoms with Gasteiger partial charge in [0.1, 0.15) is 12.4 Å². The number of nitrogens with two attached hydrogens (primary N) is 1. The Hall–Kier alpha value is -1.79. The number of hydrogen-bond acceptors (Lipinski definition) is 5. The Balaban J connectivity index is 2.34. The van der Waals surface area contributed by atoms with Crippen LogP contribution in [-0.2, 0) is 9.47 Å². The third-order valence-corrected chi connectivity index (χ3v) is 2.73. The first kappa shape index (κ1) is 17.3. The van der Waals surface area contributed by atoms with Crippen LogP contribution in [0.1, 0.15) is 23.7 Å². The van der Waals surface area contributed by atoms with Crippen LogP contribution in [-0.4, -0.2) is 46.0 Å². The molecule has 0 aliphatic heterocycles. The van der Waals surface area contributed by atoms with Crippen LogP contribution in [0.5, 0.6) is 5.75 Å². The number of carbonyl (C=O) groups excluding carboxylic acids is 1. The zero-order valence-corrected chi connectivity index (χ0v) is 12.7. The molecular weight excluding hydrogens is 272 g/mol. The third kappa shape index (κ3) is 6.46. The molecule has 0 bridgehead atoms. The second kappa shape index (κ2) is 10.0. The molecule has 0 aliphatic carbocycles. The highest BCUT2D eigenvalue weighted by molar-refractivity contribution is 5.95. The maximum absolute atomic E-state index is 11.7. The van der Waals surface area contributed by atoms with Crippen LogP contribution in [0.2, 0.25) is 0 Å². The van der Waals surface area contributed by atoms with Gasteiger partial charge in [-0.2, -0.15) is 0 Å². The maximum atomic E-state index is 11.7. The minimum Gasteiger partial charge on any atom is -0.489 e. The topological polar surface area (TPSA) is 82.8 Å². The smallest absolute Gasteiger partial charge is 0.251 e. The summed E-state index contributed by atoms with van der Waals surface area (Å²) in [6.07, 6.45) is 0.861. The fourth-order valence-corrected chi connectivity index (χ4v) is 1.70. The molecule has 0 aromatic heterocycles. The van der Waals surface area contributed by atoms with E-state index in [4.69, 9.17) is 19.9 Å². The summed E-state index contributed by atoms with van der Waals surface area (Å²) >= 11 is 0. The average molecular weight is 296 g/mol. The van der Waals surface area contributed by atoms with E-state index >= 15 is 0 Å². The first-order valence-electron chi connectivity index (χ1n) is 7.06. The fraction of sp³-hybridized carbons (Fsp3) is 0.533. The van der Waals surface area contributed by atoms with Crippen molar-refractivity contribution in [3.8, 4) is 5.75 Å². The normalized spacial score (nSPS) is 10.4. The van der Waals surface area contributed by atoms with Gasteiger partial charge in [0.2, 0.25) is 0 Å². The first-order valence-corrected chi connectivity index (χ1v) is 7.06. The quantitative estimate of drug-likeness (QED) is 0.504. The lowest BCUT2D eigenvalue weighted by Crippen LogP contribution is -2.22. The van der Waals surface area contributed by atoms with Crippen molar-refractivity contribution in [2.45, 2.75) is 13.3 Å². The van der Waals surface area contributed by atoms with Crippen LogP contribution < -0.4 is 15.8 Å². The summed E-state index contributed by atoms with van der Waals surface area (Å²) < 4.78 is 15.8. The van der Waals surface area contributed by atoms with E-state index in [0.717, 1.165) is 6.42 Å². The number of ether oxygens (including phenoxy) is 3. The molecule has 21 heavy (non-hydrogen) atoms. The number of hydrogen-bond donors (Lipinski definition) is 2. The summed E-state index contributed by atoms with van der Waals surface area (Å²) in [4.78, 5) is 11.7. The summed E-state index contributed by atoms with van der Waals surface area (Å²) in [5, 5.41) is 2.72. The van der Waals surface area contributed by atoms with Gasteiger partial charge in [0, 0.05) is 32.4 Å². The lowest BCUT2D eigenvalue weighted by Gasteiger charge is -2.10. The Labute approximate surface area is 125 Å². The van der Waals surface area contributed by atoms with E-state index in [2.05, 4.69) is 5.32 Å². The van der Waals surface area contributed by atoms with E-state index in [1.54, 1.807) is 25.3 Å². The highest BCUT2D eigenvalue weighted by Gasteiger charge is 2.07. The van der Waals surface area contributed by atoms with Crippen LogP contribution >= 0.6 is 0 Å². The van der Waals surface area contributed by atoms with Gasteiger partial charge in [-0.1, -0.05) is 0 Å². The van der Waals surface area contributed by atoms with Crippen LogP contribution in [0.3, 0.4) is 0 Å². The molecule has 0 spiro atoms. The lowest BCUT2D eigenvalue weighted by atomic mass is 10.2. The van der Waals surface area contributed by atoms with E-state index in [-0.39, 0.29) is 5.91 Å². The predicted molar refractivity (Wildman–Crippen MR) is 81.7 cm³/mol. The van der Waals surface area contributed by atoms with Crippen LogP contribution in [0.15, 0.2) is 18.2 Å². The number of rotatable bonds is 10. The maximum Gasteiger partial charge on any atom is 0.251 e. The van der Waals surface area contributed by atoms with Gasteiger partial charge in [0.15, 0.2) is 0 Å². The Kier molecular flexibility index (Phi) is 8.23. The van der Waals surface area contributed by atoms with Crippen molar-refractivity contribution in [1.82, 2.24) is 5.32 Å². The summed E-state index contributed by atoms with van der Waals surface area (Å²) in [6, 6.07) is 5.00. The Morgan fingerprint density at radius 2 is 2.05 bits per heavy atom. The van der Waals surface area contributed by atoms with Gasteiger partial charge in [-0.15, -0.1) is 0 Å². The standard InChI is InChI=1S/C15H24N2O4/c1-3-17-15(18)12-5-6-14(13(16)11-12)21-10-9-20-8-4-7-19-2/h5-6,11H,3-4,7-10,16H2,1-2H3,(H,17,18). The van der Waals surface area contributed by atoms with Gasteiger partial charge in [0.05, 0.1) is 12.3 Å². The number of carbonyl (C=O) groups is 1. The molecule has 0 aliphatic rings. The molecule has 6 heteroatoms. The highest BCUT2D eigenvalue weighted by Crippen LogP contribution is 2.22. The zero-order valence-electron chi connectivity index (χ0n) is 12.7. The molecule has 0 radical (unpaired) electrons. The summed E-state index contributed by atoms with van der Waals surface area (Å²) in [7, 11) is 1.66. The summed E-state index contributed by atoms with van der Waals surface area (Å²) in [5.74, 6) is 0.417. The van der Waals surface area contributed by atoms with Gasteiger partial charge in [-0.3, -0.25) is 4.79 Å². The first-order chi connectivity index (χ1) is 10.2. The van der Waals surface area contributed by atoms with Crippen molar-refractivity contribution < 1.29 is 19.0 Å². The molecule has 1 aromatic carbocycles. The number of methoxy groups -OCH3 is 1.